The van der Waals surface area contributed by atoms with Crippen LogP contribution < -0.4 is 5.32 Å². The number of rotatable bonds is 6. The van der Waals surface area contributed by atoms with Gasteiger partial charge >= 0.3 is 0 Å². The summed E-state index contributed by atoms with van der Waals surface area (Å²) in [6.45, 7) is 0.179. The van der Waals surface area contributed by atoms with Crippen LogP contribution in [-0.2, 0) is 0 Å². The van der Waals surface area contributed by atoms with Crippen LogP contribution in [0.5, 0.6) is 0 Å². The Morgan fingerprint density at radius 1 is 1.19 bits per heavy atom. The lowest BCUT2D eigenvalue weighted by molar-refractivity contribution is 0.0934. The molecule has 3 aromatic rings. The first-order valence-corrected chi connectivity index (χ1v) is 8.46. The molecule has 8 heteroatoms. The van der Waals surface area contributed by atoms with Crippen LogP contribution in [-0.4, -0.2) is 22.7 Å². The largest absolute Gasteiger partial charge is 0.388 e. The van der Waals surface area contributed by atoms with Crippen molar-refractivity contribution in [3.63, 3.8) is 0 Å². The molecule has 0 fully saturated rings. The zero-order chi connectivity index (χ0) is 19.4. The number of hydrogen-bond donors (Lipinski definition) is 2. The van der Waals surface area contributed by atoms with Crippen molar-refractivity contribution >= 4 is 17.5 Å². The molecule has 1 aromatic heterocycles. The first-order valence-electron chi connectivity index (χ1n) is 8.08. The van der Waals surface area contributed by atoms with Crippen molar-refractivity contribution in [2.24, 2.45) is 0 Å². The fourth-order valence-electron chi connectivity index (χ4n) is 2.48. The van der Waals surface area contributed by atoms with Crippen molar-refractivity contribution in [3.05, 3.63) is 76.4 Å². The summed E-state index contributed by atoms with van der Waals surface area (Å²) < 4.78 is 31.3. The van der Waals surface area contributed by atoms with Gasteiger partial charge in [-0.25, -0.2) is 8.78 Å². The van der Waals surface area contributed by atoms with Crippen LogP contribution in [0, 0.1) is 11.6 Å². The lowest BCUT2D eigenvalue weighted by atomic mass is 10.1. The van der Waals surface area contributed by atoms with E-state index in [1.54, 1.807) is 24.3 Å². The Labute approximate surface area is 158 Å². The van der Waals surface area contributed by atoms with Gasteiger partial charge in [0.25, 0.3) is 5.91 Å². The molecule has 3 rings (SSSR count). The average molecular weight is 393 g/mol. The van der Waals surface area contributed by atoms with Crippen LogP contribution >= 0.6 is 11.6 Å². The van der Waals surface area contributed by atoms with E-state index in [1.165, 1.54) is 12.1 Å². The molecule has 2 aromatic carbocycles. The van der Waals surface area contributed by atoms with Crippen molar-refractivity contribution in [2.75, 3.05) is 6.54 Å². The third-order valence-electron chi connectivity index (χ3n) is 3.91. The molecule has 2 N–H and O–H groups in total. The highest BCUT2D eigenvalue weighted by Gasteiger charge is 2.16. The Morgan fingerprint density at radius 2 is 1.96 bits per heavy atom. The SMILES string of the molecule is O=C(NCCC(O)c1ccccc1Cl)c1cc(-c2ccc(F)c(F)c2)on1. The number of aromatic nitrogens is 1. The third kappa shape index (κ3) is 4.50. The topological polar surface area (TPSA) is 75.4 Å². The summed E-state index contributed by atoms with van der Waals surface area (Å²) in [7, 11) is 0. The molecule has 1 atom stereocenters. The van der Waals surface area contributed by atoms with E-state index in [1.807, 2.05) is 0 Å². The zero-order valence-corrected chi connectivity index (χ0v) is 14.7. The summed E-state index contributed by atoms with van der Waals surface area (Å²) in [4.78, 5) is 12.1. The molecule has 0 aliphatic heterocycles. The van der Waals surface area contributed by atoms with E-state index in [2.05, 4.69) is 10.5 Å². The van der Waals surface area contributed by atoms with Crippen LogP contribution in [0.15, 0.2) is 53.1 Å². The second-order valence-electron chi connectivity index (χ2n) is 5.79. The first kappa shape index (κ1) is 19.0. The smallest absolute Gasteiger partial charge is 0.273 e. The fourth-order valence-corrected chi connectivity index (χ4v) is 2.74. The maximum absolute atomic E-state index is 13.3. The van der Waals surface area contributed by atoms with Crippen LogP contribution in [0.3, 0.4) is 0 Å². The van der Waals surface area contributed by atoms with E-state index in [-0.39, 0.29) is 30.0 Å². The lowest BCUT2D eigenvalue weighted by Gasteiger charge is -2.12. The summed E-state index contributed by atoms with van der Waals surface area (Å²) in [6.07, 6.45) is -0.572. The predicted octanol–water partition coefficient (Wildman–Crippen LogP) is 4.13. The average Bonchev–Trinajstić information content (AvgIpc) is 3.14. The number of hydrogen-bond acceptors (Lipinski definition) is 4. The Morgan fingerprint density at radius 3 is 2.70 bits per heavy atom. The normalized spacial score (nSPS) is 12.0. The van der Waals surface area contributed by atoms with Gasteiger partial charge in [-0.05, 0) is 36.2 Å². The molecule has 140 valence electrons. The number of benzene rings is 2. The molecule has 0 bridgehead atoms. The molecule has 0 saturated carbocycles. The first-order chi connectivity index (χ1) is 13.0. The van der Waals surface area contributed by atoms with E-state index >= 15 is 0 Å². The van der Waals surface area contributed by atoms with Crippen molar-refractivity contribution in [1.29, 1.82) is 0 Å². The highest BCUT2D eigenvalue weighted by Crippen LogP contribution is 2.25. The Bertz CT molecular complexity index is 962. The van der Waals surface area contributed by atoms with Crippen LogP contribution in [0.1, 0.15) is 28.6 Å². The molecule has 0 saturated heterocycles. The molecule has 1 heterocycles. The second kappa shape index (κ2) is 8.28. The van der Waals surface area contributed by atoms with Crippen molar-refractivity contribution in [1.82, 2.24) is 10.5 Å². The fraction of sp³-hybridized carbons (Fsp3) is 0.158. The van der Waals surface area contributed by atoms with E-state index in [0.717, 1.165) is 12.1 Å². The Hall–Kier alpha value is -2.77. The number of nitrogens with zero attached hydrogens (tertiary/aromatic N) is 1. The monoisotopic (exact) mass is 392 g/mol. The third-order valence-corrected chi connectivity index (χ3v) is 4.26. The predicted molar refractivity (Wildman–Crippen MR) is 95.2 cm³/mol. The van der Waals surface area contributed by atoms with Gasteiger partial charge in [0.05, 0.1) is 6.10 Å². The minimum atomic E-state index is -1.02. The van der Waals surface area contributed by atoms with Crippen molar-refractivity contribution in [2.45, 2.75) is 12.5 Å². The molecular formula is C19H15ClF2N2O3. The number of aliphatic hydroxyl groups excluding tert-OH is 1. The zero-order valence-electron chi connectivity index (χ0n) is 14.0. The number of carbonyl (C=O) groups excluding carboxylic acids is 1. The molecule has 1 amide bonds. The summed E-state index contributed by atoms with van der Waals surface area (Å²) >= 11 is 6.02. The molecule has 0 aliphatic rings. The summed E-state index contributed by atoms with van der Waals surface area (Å²) in [5, 5.41) is 16.8. The molecule has 1 unspecified atom stereocenters. The molecule has 0 spiro atoms. The maximum Gasteiger partial charge on any atom is 0.273 e. The van der Waals surface area contributed by atoms with E-state index in [9.17, 15) is 18.7 Å². The minimum Gasteiger partial charge on any atom is -0.388 e. The van der Waals surface area contributed by atoms with Gasteiger partial charge < -0.3 is 14.9 Å². The van der Waals surface area contributed by atoms with Gasteiger partial charge in [0.15, 0.2) is 23.1 Å². The molecule has 0 aliphatic carbocycles. The molecular weight excluding hydrogens is 378 g/mol. The highest BCUT2D eigenvalue weighted by atomic mass is 35.5. The number of halogens is 3. The van der Waals surface area contributed by atoms with E-state index < -0.39 is 23.6 Å². The molecule has 5 nitrogen and oxygen atoms in total. The van der Waals surface area contributed by atoms with Gasteiger partial charge in [-0.15, -0.1) is 0 Å². The van der Waals surface area contributed by atoms with E-state index in [4.69, 9.17) is 16.1 Å². The van der Waals surface area contributed by atoms with E-state index in [0.29, 0.717) is 10.6 Å². The van der Waals surface area contributed by atoms with Gasteiger partial charge in [-0.2, -0.15) is 0 Å². The second-order valence-corrected chi connectivity index (χ2v) is 6.19. The van der Waals surface area contributed by atoms with Gasteiger partial charge in [0, 0.05) is 23.2 Å². The van der Waals surface area contributed by atoms with Crippen molar-refractivity contribution < 1.29 is 23.2 Å². The van der Waals surface area contributed by atoms with Gasteiger partial charge in [0.2, 0.25) is 0 Å². The maximum atomic E-state index is 13.3. The summed E-state index contributed by atoms with van der Waals surface area (Å²) in [5.41, 5.74) is 0.826. The highest BCUT2D eigenvalue weighted by molar-refractivity contribution is 6.31. The number of aliphatic hydroxyl groups is 1. The Kier molecular flexibility index (Phi) is 5.83. The molecule has 27 heavy (non-hydrogen) atoms. The standard InChI is InChI=1S/C19H15ClF2N2O3/c20-13-4-2-1-3-12(13)17(25)7-8-23-19(26)16-10-18(27-24-16)11-5-6-14(21)15(22)9-11/h1-6,9-10,17,25H,7-8H2,(H,23,26). The summed E-state index contributed by atoms with van der Waals surface area (Å²) in [5.74, 6) is -2.38. The van der Waals surface area contributed by atoms with Crippen LogP contribution in [0.25, 0.3) is 11.3 Å². The quantitative estimate of drug-likeness (QED) is 0.661. The van der Waals surface area contributed by atoms with Gasteiger partial charge in [-0.1, -0.05) is 35.0 Å². The Balaban J connectivity index is 1.58. The minimum absolute atomic E-state index is 0.0121. The lowest BCUT2D eigenvalue weighted by Crippen LogP contribution is -2.25. The van der Waals surface area contributed by atoms with Gasteiger partial charge in [-0.3, -0.25) is 4.79 Å². The molecule has 0 radical (unpaired) electrons. The summed E-state index contributed by atoms with van der Waals surface area (Å²) in [6, 6.07) is 11.5. The van der Waals surface area contributed by atoms with Crippen LogP contribution in [0.4, 0.5) is 8.78 Å². The number of carbonyl (C=O) groups is 1. The number of amides is 1. The van der Waals surface area contributed by atoms with Crippen LogP contribution in [0.2, 0.25) is 5.02 Å². The van der Waals surface area contributed by atoms with Gasteiger partial charge in [0.1, 0.15) is 0 Å². The van der Waals surface area contributed by atoms with Crippen molar-refractivity contribution in [3.8, 4) is 11.3 Å². The number of nitrogens with one attached hydrogen (secondary N) is 1.